The standard InChI is InChI=1S/C10H18O6S6/c11-7(12)9(15,1-5(19)3-17)21-22-10(16,8(13)14)2-6(20)4-18/h5-6,15-20H,1-4H2,(H,11,12)(H,13,14). The number of hydrogen-bond acceptors (Lipinski definition) is 10. The van der Waals surface area contributed by atoms with E-state index >= 15 is 0 Å². The third-order valence-corrected chi connectivity index (χ3v) is 7.84. The van der Waals surface area contributed by atoms with Crippen molar-refractivity contribution >= 4 is 84.0 Å². The molecular weight excluding hydrogens is 409 g/mol. The second-order valence-electron chi connectivity index (χ2n) is 4.43. The molecule has 0 amide bonds. The number of carbonyl (C=O) groups is 2. The molecule has 0 fully saturated rings. The first-order chi connectivity index (χ1) is 10.0. The molecule has 0 aliphatic carbocycles. The Morgan fingerprint density at radius 3 is 1.32 bits per heavy atom. The molecule has 0 saturated carbocycles. The molecule has 4 unspecified atom stereocenters. The minimum absolute atomic E-state index is 0.228. The molecule has 0 aliphatic heterocycles. The number of aliphatic hydroxyl groups is 2. The molecule has 4 N–H and O–H groups in total. The quantitative estimate of drug-likeness (QED) is 0.141. The summed E-state index contributed by atoms with van der Waals surface area (Å²) in [4.78, 5) is 17.9. The van der Waals surface area contributed by atoms with E-state index in [1.165, 1.54) is 0 Å². The van der Waals surface area contributed by atoms with Crippen molar-refractivity contribution in [3.63, 3.8) is 0 Å². The second kappa shape index (κ2) is 10.1. The van der Waals surface area contributed by atoms with Crippen molar-refractivity contribution < 1.29 is 30.0 Å². The fourth-order valence-electron chi connectivity index (χ4n) is 1.22. The highest BCUT2D eigenvalue weighted by Gasteiger charge is 2.45. The summed E-state index contributed by atoms with van der Waals surface area (Å²) in [5.41, 5.74) is 0. The number of rotatable bonds is 11. The Morgan fingerprint density at radius 1 is 0.864 bits per heavy atom. The van der Waals surface area contributed by atoms with E-state index in [0.29, 0.717) is 21.6 Å². The van der Waals surface area contributed by atoms with Gasteiger partial charge in [-0.1, -0.05) is 0 Å². The van der Waals surface area contributed by atoms with Crippen molar-refractivity contribution in [3.05, 3.63) is 0 Å². The van der Waals surface area contributed by atoms with Crippen molar-refractivity contribution in [3.8, 4) is 0 Å². The molecule has 0 radical (unpaired) electrons. The number of carboxylic acids is 2. The van der Waals surface area contributed by atoms with Crippen LogP contribution in [0, 0.1) is 0 Å². The first kappa shape index (κ1) is 23.0. The van der Waals surface area contributed by atoms with Crippen LogP contribution in [0.3, 0.4) is 0 Å². The third-order valence-electron chi connectivity index (χ3n) is 2.43. The van der Waals surface area contributed by atoms with E-state index in [-0.39, 0.29) is 24.3 Å². The van der Waals surface area contributed by atoms with Crippen molar-refractivity contribution in [1.82, 2.24) is 0 Å². The Kier molecular flexibility index (Phi) is 10.5. The number of thiol groups is 4. The lowest BCUT2D eigenvalue weighted by Crippen LogP contribution is -2.41. The number of aliphatic carboxylic acids is 2. The summed E-state index contributed by atoms with van der Waals surface area (Å²) in [5.74, 6) is -2.64. The molecule has 130 valence electrons. The summed E-state index contributed by atoms with van der Waals surface area (Å²) in [5, 5.41) is 37.6. The highest BCUT2D eigenvalue weighted by molar-refractivity contribution is 8.77. The average molecular weight is 427 g/mol. The van der Waals surface area contributed by atoms with Gasteiger partial charge in [0, 0.05) is 34.8 Å². The van der Waals surface area contributed by atoms with Crippen LogP contribution < -0.4 is 0 Å². The molecule has 0 aliphatic rings. The molecule has 0 heterocycles. The molecule has 0 aromatic heterocycles. The lowest BCUT2D eigenvalue weighted by atomic mass is 10.2. The van der Waals surface area contributed by atoms with Crippen LogP contribution in [0.2, 0.25) is 0 Å². The molecular formula is C10H18O6S6. The van der Waals surface area contributed by atoms with Gasteiger partial charge in [-0.2, -0.15) is 50.5 Å². The van der Waals surface area contributed by atoms with E-state index in [9.17, 15) is 19.8 Å². The van der Waals surface area contributed by atoms with Crippen molar-refractivity contribution in [2.45, 2.75) is 33.2 Å². The maximum Gasteiger partial charge on any atom is 0.347 e. The van der Waals surface area contributed by atoms with Crippen LogP contribution in [0.5, 0.6) is 0 Å². The van der Waals surface area contributed by atoms with Gasteiger partial charge < -0.3 is 20.4 Å². The average Bonchev–Trinajstić information content (AvgIpc) is 2.44. The Hall–Kier alpha value is 0.960. The maximum atomic E-state index is 11.2. The molecule has 0 spiro atoms. The summed E-state index contributed by atoms with van der Waals surface area (Å²) in [6.07, 6.45) is -0.529. The van der Waals surface area contributed by atoms with Crippen molar-refractivity contribution in [2.24, 2.45) is 0 Å². The zero-order valence-electron chi connectivity index (χ0n) is 11.2. The minimum Gasteiger partial charge on any atom is -0.478 e. The van der Waals surface area contributed by atoms with Gasteiger partial charge >= 0.3 is 11.9 Å². The normalized spacial score (nSPS) is 19.7. The van der Waals surface area contributed by atoms with Crippen LogP contribution in [0.15, 0.2) is 0 Å². The molecule has 0 aromatic carbocycles. The van der Waals surface area contributed by atoms with Crippen LogP contribution >= 0.6 is 72.1 Å². The van der Waals surface area contributed by atoms with Gasteiger partial charge in [0.2, 0.25) is 9.87 Å². The smallest absolute Gasteiger partial charge is 0.347 e. The van der Waals surface area contributed by atoms with Crippen LogP contribution in [0.1, 0.15) is 12.8 Å². The third kappa shape index (κ3) is 7.24. The Balaban J connectivity index is 5.06. The fourth-order valence-corrected chi connectivity index (χ4v) is 4.87. The van der Waals surface area contributed by atoms with Crippen LogP contribution in [-0.2, 0) is 9.59 Å². The van der Waals surface area contributed by atoms with Crippen LogP contribution in [0.25, 0.3) is 0 Å². The van der Waals surface area contributed by atoms with Crippen molar-refractivity contribution in [2.75, 3.05) is 11.5 Å². The predicted octanol–water partition coefficient (Wildman–Crippen LogP) is 1.15. The topological polar surface area (TPSA) is 115 Å². The fraction of sp³-hybridized carbons (Fsp3) is 0.800. The van der Waals surface area contributed by atoms with Gasteiger partial charge in [-0.15, -0.1) is 0 Å². The second-order valence-corrected chi connectivity index (χ2v) is 9.30. The molecule has 0 rings (SSSR count). The highest BCUT2D eigenvalue weighted by atomic mass is 33.1. The zero-order valence-corrected chi connectivity index (χ0v) is 16.4. The number of hydrogen-bond donors (Lipinski definition) is 8. The Morgan fingerprint density at radius 2 is 1.14 bits per heavy atom. The van der Waals surface area contributed by atoms with Crippen LogP contribution in [0.4, 0.5) is 0 Å². The first-order valence-corrected chi connectivity index (χ1v) is 10.3. The van der Waals surface area contributed by atoms with Gasteiger partial charge in [0.1, 0.15) is 0 Å². The zero-order chi connectivity index (χ0) is 17.6. The highest BCUT2D eigenvalue weighted by Crippen LogP contribution is 2.46. The van der Waals surface area contributed by atoms with E-state index in [1.54, 1.807) is 0 Å². The molecule has 0 aromatic rings. The summed E-state index contributed by atoms with van der Waals surface area (Å²) < 4.78 is 0. The van der Waals surface area contributed by atoms with E-state index in [2.05, 4.69) is 50.5 Å². The maximum absolute atomic E-state index is 11.2. The van der Waals surface area contributed by atoms with E-state index in [4.69, 9.17) is 10.2 Å². The molecule has 0 bridgehead atoms. The van der Waals surface area contributed by atoms with Crippen LogP contribution in [-0.4, -0.2) is 64.2 Å². The van der Waals surface area contributed by atoms with Gasteiger partial charge in [0.05, 0.1) is 0 Å². The predicted molar refractivity (Wildman–Crippen MR) is 103 cm³/mol. The van der Waals surface area contributed by atoms with E-state index < -0.39 is 32.3 Å². The van der Waals surface area contributed by atoms with Crippen molar-refractivity contribution in [1.29, 1.82) is 0 Å². The number of carboxylic acid groups (broad SMARTS) is 2. The summed E-state index contributed by atoms with van der Waals surface area (Å²) in [6, 6.07) is 0. The van der Waals surface area contributed by atoms with Gasteiger partial charge in [-0.3, -0.25) is 0 Å². The first-order valence-electron chi connectivity index (χ1n) is 5.87. The summed E-state index contributed by atoms with van der Waals surface area (Å²) >= 11 is 16.0. The minimum atomic E-state index is -2.30. The van der Waals surface area contributed by atoms with Gasteiger partial charge in [-0.05, 0) is 21.6 Å². The SMILES string of the molecule is O=C(O)C(O)(CC(S)CS)SSC(O)(CC(S)CS)C(=O)O. The Bertz CT molecular complexity index is 362. The lowest BCUT2D eigenvalue weighted by molar-refractivity contribution is -0.150. The summed E-state index contributed by atoms with van der Waals surface area (Å²) in [6.45, 7) is 0. The Labute approximate surface area is 158 Å². The van der Waals surface area contributed by atoms with E-state index in [0.717, 1.165) is 0 Å². The largest absolute Gasteiger partial charge is 0.478 e. The molecule has 4 atom stereocenters. The summed E-state index contributed by atoms with van der Waals surface area (Å²) in [7, 11) is 0.727. The molecule has 0 saturated heterocycles. The van der Waals surface area contributed by atoms with Gasteiger partial charge in [0.25, 0.3) is 0 Å². The molecule has 22 heavy (non-hydrogen) atoms. The van der Waals surface area contributed by atoms with Gasteiger partial charge in [-0.25, -0.2) is 9.59 Å². The van der Waals surface area contributed by atoms with E-state index in [1.807, 2.05) is 0 Å². The van der Waals surface area contributed by atoms with Gasteiger partial charge in [0.15, 0.2) is 0 Å². The molecule has 6 nitrogen and oxygen atoms in total. The monoisotopic (exact) mass is 426 g/mol. The molecule has 12 heteroatoms. The lowest BCUT2D eigenvalue weighted by Gasteiger charge is -2.29.